The van der Waals surface area contributed by atoms with Crippen molar-refractivity contribution in [3.05, 3.63) is 40.2 Å². The lowest BCUT2D eigenvalue weighted by molar-refractivity contribution is 0.582. The number of hydrogen-bond donors (Lipinski definition) is 0. The van der Waals surface area contributed by atoms with Crippen LogP contribution in [0, 0.1) is 3.57 Å². The molecule has 0 bridgehead atoms. The van der Waals surface area contributed by atoms with E-state index < -0.39 is 9.84 Å². The molecule has 0 fully saturated rings. The number of rotatable bonds is 5. The summed E-state index contributed by atoms with van der Waals surface area (Å²) < 4.78 is 25.8. The fourth-order valence-corrected chi connectivity index (χ4v) is 2.77. The van der Waals surface area contributed by atoms with Crippen LogP contribution in [0.15, 0.2) is 36.7 Å². The summed E-state index contributed by atoms with van der Waals surface area (Å²) in [6.07, 6.45) is 3.65. The van der Waals surface area contributed by atoms with E-state index in [0.717, 1.165) is 11.1 Å². The second-order valence-electron chi connectivity index (χ2n) is 4.24. The summed E-state index contributed by atoms with van der Waals surface area (Å²) in [5.41, 5.74) is 2.09. The van der Waals surface area contributed by atoms with Gasteiger partial charge in [0, 0.05) is 21.1 Å². The van der Waals surface area contributed by atoms with Gasteiger partial charge in [-0.1, -0.05) is 19.1 Å². The summed E-state index contributed by atoms with van der Waals surface area (Å²) in [7, 11) is -2.94. The SMILES string of the molecule is CCS(=O)(=O)CCn1cc(-c2ccc(I)cc2)cn1. The highest BCUT2D eigenvalue weighted by molar-refractivity contribution is 14.1. The Hall–Kier alpha value is -0.890. The zero-order valence-corrected chi connectivity index (χ0v) is 13.6. The highest BCUT2D eigenvalue weighted by atomic mass is 127. The van der Waals surface area contributed by atoms with Crippen molar-refractivity contribution in [1.82, 2.24) is 9.78 Å². The number of aryl methyl sites for hydroxylation is 1. The van der Waals surface area contributed by atoms with Gasteiger partial charge in [0.2, 0.25) is 0 Å². The van der Waals surface area contributed by atoms with E-state index in [9.17, 15) is 8.42 Å². The lowest BCUT2D eigenvalue weighted by atomic mass is 10.1. The van der Waals surface area contributed by atoms with Gasteiger partial charge in [0.1, 0.15) is 0 Å². The van der Waals surface area contributed by atoms with Crippen LogP contribution in [0.1, 0.15) is 6.92 Å². The van der Waals surface area contributed by atoms with Crippen molar-refractivity contribution >= 4 is 32.4 Å². The Morgan fingerprint density at radius 1 is 1.21 bits per heavy atom. The van der Waals surface area contributed by atoms with Crippen LogP contribution in [-0.2, 0) is 16.4 Å². The van der Waals surface area contributed by atoms with Crippen molar-refractivity contribution < 1.29 is 8.42 Å². The second kappa shape index (κ2) is 6.04. The molecule has 0 unspecified atom stereocenters. The normalized spacial score (nSPS) is 11.7. The molecule has 0 atom stereocenters. The van der Waals surface area contributed by atoms with Gasteiger partial charge in [-0.15, -0.1) is 0 Å². The first-order valence-electron chi connectivity index (χ1n) is 5.99. The number of benzene rings is 1. The molecule has 0 radical (unpaired) electrons. The third-order valence-electron chi connectivity index (χ3n) is 2.88. The van der Waals surface area contributed by atoms with Gasteiger partial charge in [0.15, 0.2) is 9.84 Å². The third kappa shape index (κ3) is 4.04. The van der Waals surface area contributed by atoms with E-state index >= 15 is 0 Å². The fraction of sp³-hybridized carbons (Fsp3) is 0.308. The van der Waals surface area contributed by atoms with Gasteiger partial charge in [-0.3, -0.25) is 4.68 Å². The summed E-state index contributed by atoms with van der Waals surface area (Å²) in [4.78, 5) is 0. The number of halogens is 1. The van der Waals surface area contributed by atoms with E-state index in [2.05, 4.69) is 27.7 Å². The van der Waals surface area contributed by atoms with E-state index in [-0.39, 0.29) is 11.5 Å². The topological polar surface area (TPSA) is 52.0 Å². The molecule has 0 aliphatic rings. The highest BCUT2D eigenvalue weighted by Gasteiger charge is 2.08. The second-order valence-corrected chi connectivity index (χ2v) is 7.95. The lowest BCUT2D eigenvalue weighted by Gasteiger charge is -2.01. The molecule has 0 spiro atoms. The average molecular weight is 390 g/mol. The average Bonchev–Trinajstić information content (AvgIpc) is 2.86. The molecule has 0 saturated heterocycles. The highest BCUT2D eigenvalue weighted by Crippen LogP contribution is 2.19. The van der Waals surface area contributed by atoms with Crippen molar-refractivity contribution in [2.45, 2.75) is 13.5 Å². The third-order valence-corrected chi connectivity index (χ3v) is 5.29. The van der Waals surface area contributed by atoms with Crippen molar-refractivity contribution in [2.75, 3.05) is 11.5 Å². The van der Waals surface area contributed by atoms with Crippen LogP contribution in [0.25, 0.3) is 11.1 Å². The Bertz CT molecular complexity index is 648. The van der Waals surface area contributed by atoms with Crippen LogP contribution in [0.2, 0.25) is 0 Å². The molecule has 6 heteroatoms. The lowest BCUT2D eigenvalue weighted by Crippen LogP contribution is -2.14. The summed E-state index contributed by atoms with van der Waals surface area (Å²) in [6.45, 7) is 2.07. The molecule has 2 aromatic rings. The summed E-state index contributed by atoms with van der Waals surface area (Å²) in [6, 6.07) is 8.14. The van der Waals surface area contributed by atoms with E-state index in [4.69, 9.17) is 0 Å². The number of sulfone groups is 1. The minimum Gasteiger partial charge on any atom is -0.271 e. The summed E-state index contributed by atoms with van der Waals surface area (Å²) in [5.74, 6) is 0.315. The van der Waals surface area contributed by atoms with Gasteiger partial charge < -0.3 is 0 Å². The van der Waals surface area contributed by atoms with Crippen LogP contribution in [0.4, 0.5) is 0 Å². The quantitative estimate of drug-likeness (QED) is 0.738. The minimum atomic E-state index is -2.94. The fourth-order valence-electron chi connectivity index (χ4n) is 1.65. The van der Waals surface area contributed by atoms with E-state index in [1.165, 1.54) is 3.57 Å². The summed E-state index contributed by atoms with van der Waals surface area (Å²) >= 11 is 2.26. The van der Waals surface area contributed by atoms with Gasteiger partial charge in [-0.05, 0) is 40.3 Å². The molecule has 0 aliphatic heterocycles. The smallest absolute Gasteiger partial charge is 0.151 e. The van der Waals surface area contributed by atoms with Crippen molar-refractivity contribution in [3.63, 3.8) is 0 Å². The molecule has 2 rings (SSSR count). The monoisotopic (exact) mass is 390 g/mol. The molecular formula is C13H15IN2O2S. The molecule has 1 aromatic heterocycles. The van der Waals surface area contributed by atoms with Gasteiger partial charge in [0.25, 0.3) is 0 Å². The molecular weight excluding hydrogens is 375 g/mol. The predicted molar refractivity (Wildman–Crippen MR) is 84.7 cm³/mol. The van der Waals surface area contributed by atoms with Crippen LogP contribution < -0.4 is 0 Å². The molecule has 0 saturated carbocycles. The van der Waals surface area contributed by atoms with Crippen molar-refractivity contribution in [3.8, 4) is 11.1 Å². The predicted octanol–water partition coefficient (Wildman–Crippen LogP) is 2.59. The number of aromatic nitrogens is 2. The van der Waals surface area contributed by atoms with E-state index in [0.29, 0.717) is 6.54 Å². The van der Waals surface area contributed by atoms with Crippen LogP contribution in [0.3, 0.4) is 0 Å². The minimum absolute atomic E-state index is 0.136. The van der Waals surface area contributed by atoms with E-state index in [1.54, 1.807) is 17.8 Å². The molecule has 0 N–H and O–H groups in total. The Balaban J connectivity index is 2.09. The maximum Gasteiger partial charge on any atom is 0.151 e. The summed E-state index contributed by atoms with van der Waals surface area (Å²) in [5, 5.41) is 4.20. The van der Waals surface area contributed by atoms with Gasteiger partial charge >= 0.3 is 0 Å². The maximum absolute atomic E-state index is 11.4. The molecule has 4 nitrogen and oxygen atoms in total. The Morgan fingerprint density at radius 3 is 2.53 bits per heavy atom. The van der Waals surface area contributed by atoms with Gasteiger partial charge in [-0.25, -0.2) is 8.42 Å². The first-order valence-corrected chi connectivity index (χ1v) is 8.89. The Labute approximate surface area is 126 Å². The Kier molecular flexibility index (Phi) is 4.62. The van der Waals surface area contributed by atoms with Crippen LogP contribution in [-0.4, -0.2) is 29.7 Å². The molecule has 0 amide bonds. The first-order chi connectivity index (χ1) is 9.00. The van der Waals surface area contributed by atoms with E-state index in [1.807, 2.05) is 30.5 Å². The largest absolute Gasteiger partial charge is 0.271 e. The number of hydrogen-bond acceptors (Lipinski definition) is 3. The zero-order valence-electron chi connectivity index (χ0n) is 10.6. The Morgan fingerprint density at radius 2 is 1.89 bits per heavy atom. The van der Waals surface area contributed by atoms with Crippen LogP contribution >= 0.6 is 22.6 Å². The maximum atomic E-state index is 11.4. The zero-order chi connectivity index (χ0) is 13.9. The molecule has 1 heterocycles. The molecule has 0 aliphatic carbocycles. The molecule has 19 heavy (non-hydrogen) atoms. The van der Waals surface area contributed by atoms with Gasteiger partial charge in [0.05, 0.1) is 18.5 Å². The standard InChI is InChI=1S/C13H15IN2O2S/c1-2-19(17,18)8-7-16-10-12(9-15-16)11-3-5-13(14)6-4-11/h3-6,9-10H,2,7-8H2,1H3. The van der Waals surface area contributed by atoms with Crippen molar-refractivity contribution in [1.29, 1.82) is 0 Å². The molecule has 1 aromatic carbocycles. The molecule has 102 valence electrons. The van der Waals surface area contributed by atoms with Crippen molar-refractivity contribution in [2.24, 2.45) is 0 Å². The van der Waals surface area contributed by atoms with Crippen LogP contribution in [0.5, 0.6) is 0 Å². The number of nitrogens with zero attached hydrogens (tertiary/aromatic N) is 2. The van der Waals surface area contributed by atoms with Gasteiger partial charge in [-0.2, -0.15) is 5.10 Å². The first kappa shape index (κ1) is 14.5.